The number of likely N-dealkylation sites (N-methyl/N-ethyl adjacent to an activating group) is 1. The monoisotopic (exact) mass is 533 g/mol. The number of carbonyl (C=O) groups excluding carboxylic acids is 2. The van der Waals surface area contributed by atoms with Gasteiger partial charge in [0.05, 0.1) is 11.4 Å². The number of carbonyl (C=O) groups is 2. The molecule has 0 radical (unpaired) electrons. The lowest BCUT2D eigenvalue weighted by Gasteiger charge is -2.31. The predicted octanol–water partition coefficient (Wildman–Crippen LogP) is 4.21. The molecule has 2 aromatic carbocycles. The largest absolute Gasteiger partial charge is 0.352 e. The summed E-state index contributed by atoms with van der Waals surface area (Å²) in [5.74, 6) is -0.970. The zero-order valence-electron chi connectivity index (χ0n) is 18.7. The number of amides is 2. The lowest BCUT2D eigenvalue weighted by molar-refractivity contribution is -0.140. The van der Waals surface area contributed by atoms with Gasteiger partial charge in [-0.05, 0) is 57.2 Å². The maximum absolute atomic E-state index is 13.3. The summed E-state index contributed by atoms with van der Waals surface area (Å²) in [6, 6.07) is 9.50. The fourth-order valence-electron chi connectivity index (χ4n) is 2.99. The number of halogens is 3. The average Bonchev–Trinajstić information content (AvgIpc) is 2.72. The highest BCUT2D eigenvalue weighted by atomic mass is 35.5. The highest BCUT2D eigenvalue weighted by Crippen LogP contribution is 2.27. The molecule has 0 bridgehead atoms. The number of nitrogens with zero attached hydrogens (tertiary/aromatic N) is 2. The van der Waals surface area contributed by atoms with Gasteiger partial charge in [-0.2, -0.15) is 4.31 Å². The topological polar surface area (TPSA) is 86.8 Å². The third-order valence-corrected chi connectivity index (χ3v) is 7.65. The van der Waals surface area contributed by atoms with Crippen molar-refractivity contribution in [3.8, 4) is 0 Å². The van der Waals surface area contributed by atoms with Crippen LogP contribution in [0.1, 0.15) is 26.3 Å². The molecule has 0 aliphatic heterocycles. The standard InChI is InChI=1S/C22H26Cl3N3O4S/c1-14(2)26-22(30)15(3)28(12-18-19(24)6-5-7-20(18)25)21(29)13-27(4)33(31,32)17-10-8-16(23)9-11-17/h5-11,14-15H,12-13H2,1-4H3,(H,26,30)/t15-/m1/s1. The van der Waals surface area contributed by atoms with Crippen LogP contribution in [0, 0.1) is 0 Å². The van der Waals surface area contributed by atoms with Crippen molar-refractivity contribution in [1.29, 1.82) is 0 Å². The first-order chi connectivity index (χ1) is 15.3. The SMILES string of the molecule is CC(C)NC(=O)[C@@H](C)N(Cc1c(Cl)cccc1Cl)C(=O)CN(C)S(=O)(=O)c1ccc(Cl)cc1. The first kappa shape index (κ1) is 27.4. The van der Waals surface area contributed by atoms with Crippen LogP contribution in [0.4, 0.5) is 0 Å². The van der Waals surface area contributed by atoms with Crippen LogP contribution in [-0.2, 0) is 26.2 Å². The first-order valence-corrected chi connectivity index (χ1v) is 12.7. The van der Waals surface area contributed by atoms with E-state index in [1.807, 2.05) is 0 Å². The number of nitrogens with one attached hydrogen (secondary N) is 1. The second-order valence-corrected chi connectivity index (χ2v) is 11.1. The summed E-state index contributed by atoms with van der Waals surface area (Å²) in [7, 11) is -2.67. The van der Waals surface area contributed by atoms with Gasteiger partial charge < -0.3 is 10.2 Å². The summed E-state index contributed by atoms with van der Waals surface area (Å²) >= 11 is 18.4. The Kier molecular flexibility index (Phi) is 9.58. The van der Waals surface area contributed by atoms with E-state index in [0.29, 0.717) is 20.6 Å². The molecule has 0 spiro atoms. The molecule has 2 rings (SSSR count). The Morgan fingerprint density at radius 3 is 2.03 bits per heavy atom. The molecule has 11 heteroatoms. The smallest absolute Gasteiger partial charge is 0.243 e. The van der Waals surface area contributed by atoms with Gasteiger partial charge in [0, 0.05) is 40.3 Å². The van der Waals surface area contributed by atoms with Gasteiger partial charge >= 0.3 is 0 Å². The second-order valence-electron chi connectivity index (χ2n) is 7.78. The molecule has 0 aromatic heterocycles. The second kappa shape index (κ2) is 11.5. The molecule has 0 aliphatic carbocycles. The van der Waals surface area contributed by atoms with Crippen molar-refractivity contribution in [3.63, 3.8) is 0 Å². The maximum Gasteiger partial charge on any atom is 0.243 e. The molecule has 0 fully saturated rings. The van der Waals surface area contributed by atoms with Gasteiger partial charge in [0.15, 0.2) is 0 Å². The van der Waals surface area contributed by atoms with E-state index in [9.17, 15) is 18.0 Å². The number of hydrogen-bond acceptors (Lipinski definition) is 4. The van der Waals surface area contributed by atoms with Crippen molar-refractivity contribution in [3.05, 3.63) is 63.1 Å². The minimum atomic E-state index is -3.96. The molecular formula is C22H26Cl3N3O4S. The van der Waals surface area contributed by atoms with Crippen molar-refractivity contribution in [2.75, 3.05) is 13.6 Å². The van der Waals surface area contributed by atoms with Crippen LogP contribution in [0.25, 0.3) is 0 Å². The van der Waals surface area contributed by atoms with E-state index in [0.717, 1.165) is 4.31 Å². The lowest BCUT2D eigenvalue weighted by Crippen LogP contribution is -2.51. The van der Waals surface area contributed by atoms with Crippen LogP contribution < -0.4 is 5.32 Å². The van der Waals surface area contributed by atoms with Crippen LogP contribution >= 0.6 is 34.8 Å². The summed E-state index contributed by atoms with van der Waals surface area (Å²) in [6.07, 6.45) is 0. The Balaban J connectivity index is 2.34. The molecular weight excluding hydrogens is 509 g/mol. The van der Waals surface area contributed by atoms with Gasteiger partial charge in [0.1, 0.15) is 6.04 Å². The highest BCUT2D eigenvalue weighted by molar-refractivity contribution is 7.89. The fourth-order valence-corrected chi connectivity index (χ4v) is 4.76. The molecule has 1 atom stereocenters. The quantitative estimate of drug-likeness (QED) is 0.522. The summed E-state index contributed by atoms with van der Waals surface area (Å²) in [4.78, 5) is 27.2. The van der Waals surface area contributed by atoms with E-state index in [2.05, 4.69) is 5.32 Å². The molecule has 1 N–H and O–H groups in total. The summed E-state index contributed by atoms with van der Waals surface area (Å²) in [5, 5.41) is 3.82. The Labute approximate surface area is 209 Å². The first-order valence-electron chi connectivity index (χ1n) is 10.1. The minimum absolute atomic E-state index is 0.00602. The summed E-state index contributed by atoms with van der Waals surface area (Å²) < 4.78 is 26.7. The Bertz CT molecular complexity index is 1090. The Hall–Kier alpha value is -1.84. The molecule has 0 saturated carbocycles. The van der Waals surface area contributed by atoms with E-state index in [4.69, 9.17) is 34.8 Å². The van der Waals surface area contributed by atoms with E-state index in [1.54, 1.807) is 39.0 Å². The van der Waals surface area contributed by atoms with Gasteiger partial charge in [-0.15, -0.1) is 0 Å². The van der Waals surface area contributed by atoms with Crippen molar-refractivity contribution in [1.82, 2.24) is 14.5 Å². The van der Waals surface area contributed by atoms with E-state index in [1.165, 1.54) is 36.2 Å². The van der Waals surface area contributed by atoms with Crippen LogP contribution in [0.15, 0.2) is 47.4 Å². The van der Waals surface area contributed by atoms with Gasteiger partial charge in [0.25, 0.3) is 0 Å². The van der Waals surface area contributed by atoms with E-state index >= 15 is 0 Å². The third kappa shape index (κ3) is 7.07. The zero-order chi connectivity index (χ0) is 24.9. The van der Waals surface area contributed by atoms with Crippen molar-refractivity contribution < 1.29 is 18.0 Å². The van der Waals surface area contributed by atoms with Gasteiger partial charge in [-0.3, -0.25) is 9.59 Å². The number of hydrogen-bond donors (Lipinski definition) is 1. The van der Waals surface area contributed by atoms with Crippen LogP contribution in [0.5, 0.6) is 0 Å². The highest BCUT2D eigenvalue weighted by Gasteiger charge is 2.31. The molecule has 33 heavy (non-hydrogen) atoms. The maximum atomic E-state index is 13.3. The zero-order valence-corrected chi connectivity index (χ0v) is 21.8. The molecule has 2 aromatic rings. The third-order valence-electron chi connectivity index (χ3n) is 4.87. The van der Waals surface area contributed by atoms with Crippen LogP contribution in [0.2, 0.25) is 15.1 Å². The average molecular weight is 535 g/mol. The molecule has 0 heterocycles. The minimum Gasteiger partial charge on any atom is -0.352 e. The molecule has 0 saturated heterocycles. The van der Waals surface area contributed by atoms with Gasteiger partial charge in [-0.1, -0.05) is 40.9 Å². The predicted molar refractivity (Wildman–Crippen MR) is 131 cm³/mol. The van der Waals surface area contributed by atoms with Crippen molar-refractivity contribution in [2.45, 2.75) is 44.3 Å². The number of sulfonamides is 1. The van der Waals surface area contributed by atoms with Crippen LogP contribution in [0.3, 0.4) is 0 Å². The molecule has 180 valence electrons. The number of benzene rings is 2. The lowest BCUT2D eigenvalue weighted by atomic mass is 10.1. The molecule has 0 aliphatic rings. The van der Waals surface area contributed by atoms with E-state index < -0.39 is 28.5 Å². The normalized spacial score (nSPS) is 12.6. The van der Waals surface area contributed by atoms with Gasteiger partial charge in [0.2, 0.25) is 21.8 Å². The number of rotatable bonds is 9. The van der Waals surface area contributed by atoms with Gasteiger partial charge in [-0.25, -0.2) is 8.42 Å². The summed E-state index contributed by atoms with van der Waals surface area (Å²) in [5.41, 5.74) is 0.460. The van der Waals surface area contributed by atoms with Crippen LogP contribution in [-0.4, -0.2) is 55.1 Å². The summed E-state index contributed by atoms with van der Waals surface area (Å²) in [6.45, 7) is 4.60. The molecule has 7 nitrogen and oxygen atoms in total. The van der Waals surface area contributed by atoms with E-state index in [-0.39, 0.29) is 23.4 Å². The fraction of sp³-hybridized carbons (Fsp3) is 0.364. The molecule has 2 amide bonds. The van der Waals surface area contributed by atoms with Crippen molar-refractivity contribution in [2.24, 2.45) is 0 Å². The van der Waals surface area contributed by atoms with Crippen molar-refractivity contribution >= 4 is 56.6 Å². The Morgan fingerprint density at radius 1 is 0.970 bits per heavy atom. The molecule has 0 unspecified atom stereocenters. The Morgan fingerprint density at radius 2 is 1.52 bits per heavy atom.